The molecule has 1 aromatic carbocycles. The first-order valence-electron chi connectivity index (χ1n) is 12.0. The molecule has 3 fully saturated rings. The molecule has 2 atom stereocenters. The van der Waals surface area contributed by atoms with Crippen molar-refractivity contribution < 1.29 is 40.0 Å². The van der Waals surface area contributed by atoms with E-state index in [2.05, 4.69) is 5.32 Å². The summed E-state index contributed by atoms with van der Waals surface area (Å²) in [6.07, 6.45) is -4.67. The normalized spacial score (nSPS) is 25.0. The Hall–Kier alpha value is -2.83. The number of alkyl halides is 5. The quantitative estimate of drug-likeness (QED) is 0.532. The smallest absolute Gasteiger partial charge is 0.350 e. The van der Waals surface area contributed by atoms with Gasteiger partial charge in [-0.1, -0.05) is 12.1 Å². The molecule has 208 valence electrons. The van der Waals surface area contributed by atoms with Crippen molar-refractivity contribution in [1.29, 1.82) is 5.26 Å². The number of nitrogens with one attached hydrogen (secondary N) is 1. The fraction of sp³-hybridized carbons (Fsp3) is 0.609. The standard InChI is InChI=1S/C23H26F5N5O4S/c24-22(25)8-17(13-32(14-22)38(36,37)31-11-16(9-29)12-31)21(35)33-7-1-2-19(33)20(34)30-10-15-3-5-18(6-4-15)23(26,27)28/h3-6,16-17,19H,1-2,7-8,10-14H2,(H,30,34)/t17-,19+/m0/s1. The Kier molecular flexibility index (Phi) is 7.70. The van der Waals surface area contributed by atoms with E-state index < -0.39 is 77.1 Å². The van der Waals surface area contributed by atoms with Crippen LogP contribution in [-0.2, 0) is 32.5 Å². The molecule has 9 nitrogen and oxygen atoms in total. The van der Waals surface area contributed by atoms with E-state index in [1.54, 1.807) is 0 Å². The number of carbonyl (C=O) groups excluding carboxylic acids is 2. The summed E-state index contributed by atoms with van der Waals surface area (Å²) in [6.45, 7) is -1.73. The largest absolute Gasteiger partial charge is 0.416 e. The Morgan fingerprint density at radius 3 is 2.37 bits per heavy atom. The van der Waals surface area contributed by atoms with Gasteiger partial charge in [-0.15, -0.1) is 0 Å². The SMILES string of the molecule is N#CC1CN(S(=O)(=O)N2C[C@@H](C(=O)N3CCC[C@@H]3C(=O)NCc3ccc(C(F)(F)F)cc3)CC(F)(F)C2)C1. The summed E-state index contributed by atoms with van der Waals surface area (Å²) in [4.78, 5) is 27.3. The zero-order valence-corrected chi connectivity index (χ0v) is 20.9. The first kappa shape index (κ1) is 28.2. The number of carbonyl (C=O) groups is 2. The maximum absolute atomic E-state index is 14.6. The molecule has 0 unspecified atom stereocenters. The van der Waals surface area contributed by atoms with Gasteiger partial charge in [0.2, 0.25) is 11.8 Å². The highest BCUT2D eigenvalue weighted by Crippen LogP contribution is 2.36. The molecular weight excluding hydrogens is 537 g/mol. The van der Waals surface area contributed by atoms with Crippen LogP contribution in [0.1, 0.15) is 30.4 Å². The van der Waals surface area contributed by atoms with Crippen LogP contribution < -0.4 is 5.32 Å². The van der Waals surface area contributed by atoms with Crippen molar-refractivity contribution in [2.75, 3.05) is 32.7 Å². The lowest BCUT2D eigenvalue weighted by atomic mass is 9.95. The second-order valence-corrected chi connectivity index (χ2v) is 11.7. The third kappa shape index (κ3) is 5.92. The average molecular weight is 564 g/mol. The second kappa shape index (κ2) is 10.4. The number of amides is 2. The molecule has 0 aliphatic carbocycles. The van der Waals surface area contributed by atoms with Gasteiger partial charge >= 0.3 is 6.18 Å². The number of benzene rings is 1. The number of rotatable bonds is 6. The van der Waals surface area contributed by atoms with Crippen LogP contribution in [0, 0.1) is 23.2 Å². The van der Waals surface area contributed by atoms with Gasteiger partial charge < -0.3 is 10.2 Å². The number of piperidine rings is 1. The molecule has 0 bridgehead atoms. The van der Waals surface area contributed by atoms with Crippen molar-refractivity contribution in [3.63, 3.8) is 0 Å². The summed E-state index contributed by atoms with van der Waals surface area (Å²) in [5.41, 5.74) is -0.431. The highest BCUT2D eigenvalue weighted by molar-refractivity contribution is 7.86. The van der Waals surface area contributed by atoms with Gasteiger partial charge in [0.1, 0.15) is 6.04 Å². The fourth-order valence-corrected chi connectivity index (χ4v) is 6.71. The van der Waals surface area contributed by atoms with Gasteiger partial charge in [0, 0.05) is 39.1 Å². The van der Waals surface area contributed by atoms with Crippen LogP contribution in [0.5, 0.6) is 0 Å². The minimum absolute atomic E-state index is 0.0947. The average Bonchev–Trinajstić information content (AvgIpc) is 3.30. The van der Waals surface area contributed by atoms with E-state index in [4.69, 9.17) is 5.26 Å². The van der Waals surface area contributed by atoms with Crippen LogP contribution in [0.3, 0.4) is 0 Å². The van der Waals surface area contributed by atoms with Crippen molar-refractivity contribution in [3.8, 4) is 6.07 Å². The van der Waals surface area contributed by atoms with Crippen LogP contribution in [0.2, 0.25) is 0 Å². The number of hydrogen-bond acceptors (Lipinski definition) is 5. The molecule has 3 aliphatic rings. The van der Waals surface area contributed by atoms with Crippen LogP contribution in [0.4, 0.5) is 22.0 Å². The number of nitrogens with zero attached hydrogens (tertiary/aromatic N) is 4. The van der Waals surface area contributed by atoms with E-state index in [9.17, 15) is 40.0 Å². The third-order valence-corrected chi connectivity index (χ3v) is 8.88. The zero-order valence-electron chi connectivity index (χ0n) is 20.1. The minimum atomic E-state index is -4.49. The Labute approximate surface area is 216 Å². The minimum Gasteiger partial charge on any atom is -0.350 e. The van der Waals surface area contributed by atoms with Crippen molar-refractivity contribution in [2.45, 2.75) is 43.9 Å². The fourth-order valence-electron chi connectivity index (χ4n) is 4.93. The summed E-state index contributed by atoms with van der Waals surface area (Å²) in [5, 5.41) is 11.5. The molecule has 0 radical (unpaired) electrons. The third-order valence-electron chi connectivity index (χ3n) is 7.00. The Morgan fingerprint density at radius 1 is 1.11 bits per heavy atom. The highest BCUT2D eigenvalue weighted by atomic mass is 32.2. The van der Waals surface area contributed by atoms with E-state index >= 15 is 0 Å². The molecule has 2 amide bonds. The van der Waals surface area contributed by atoms with Gasteiger partial charge in [0.15, 0.2) is 0 Å². The first-order chi connectivity index (χ1) is 17.7. The number of halogens is 5. The van der Waals surface area contributed by atoms with Crippen molar-refractivity contribution in [1.82, 2.24) is 18.8 Å². The molecule has 0 aromatic heterocycles. The van der Waals surface area contributed by atoms with Crippen molar-refractivity contribution in [3.05, 3.63) is 35.4 Å². The van der Waals surface area contributed by atoms with Crippen LogP contribution in [-0.4, -0.2) is 78.4 Å². The molecule has 0 spiro atoms. The molecule has 0 saturated carbocycles. The summed E-state index contributed by atoms with van der Waals surface area (Å²) in [5.74, 6) is -6.68. The predicted molar refractivity (Wildman–Crippen MR) is 122 cm³/mol. The molecular formula is C23H26F5N5O4S. The molecule has 3 heterocycles. The van der Waals surface area contributed by atoms with E-state index in [1.165, 1.54) is 17.0 Å². The molecule has 1 N–H and O–H groups in total. The Bertz CT molecular complexity index is 1210. The van der Waals surface area contributed by atoms with E-state index in [0.717, 1.165) is 16.4 Å². The molecule has 1 aromatic rings. The van der Waals surface area contributed by atoms with E-state index in [0.29, 0.717) is 16.3 Å². The van der Waals surface area contributed by atoms with Crippen LogP contribution in [0.25, 0.3) is 0 Å². The van der Waals surface area contributed by atoms with E-state index in [-0.39, 0.29) is 32.6 Å². The molecule has 38 heavy (non-hydrogen) atoms. The molecule has 4 rings (SSSR count). The van der Waals surface area contributed by atoms with Gasteiger partial charge in [0.25, 0.3) is 16.1 Å². The van der Waals surface area contributed by atoms with Gasteiger partial charge in [-0.3, -0.25) is 9.59 Å². The first-order valence-corrected chi connectivity index (χ1v) is 13.4. The lowest BCUT2D eigenvalue weighted by Crippen LogP contribution is -2.61. The number of nitriles is 1. The highest BCUT2D eigenvalue weighted by Gasteiger charge is 2.51. The number of hydrogen-bond donors (Lipinski definition) is 1. The predicted octanol–water partition coefficient (Wildman–Crippen LogP) is 1.97. The molecule has 3 aliphatic heterocycles. The summed E-state index contributed by atoms with van der Waals surface area (Å²) >= 11 is 0. The topological polar surface area (TPSA) is 114 Å². The zero-order chi connectivity index (χ0) is 27.9. The summed E-state index contributed by atoms with van der Waals surface area (Å²) in [7, 11) is -4.30. The van der Waals surface area contributed by atoms with Crippen molar-refractivity contribution >= 4 is 22.0 Å². The second-order valence-electron chi connectivity index (χ2n) is 9.80. The van der Waals surface area contributed by atoms with Crippen LogP contribution in [0.15, 0.2) is 24.3 Å². The van der Waals surface area contributed by atoms with Gasteiger partial charge in [-0.2, -0.15) is 35.5 Å². The van der Waals surface area contributed by atoms with Crippen molar-refractivity contribution in [2.24, 2.45) is 11.8 Å². The maximum Gasteiger partial charge on any atom is 0.416 e. The summed E-state index contributed by atoms with van der Waals surface area (Å²) in [6, 6.07) is 5.16. The lowest BCUT2D eigenvalue weighted by molar-refractivity contribution is -0.148. The Balaban J connectivity index is 1.40. The van der Waals surface area contributed by atoms with Gasteiger partial charge in [-0.05, 0) is 30.5 Å². The Morgan fingerprint density at radius 2 is 1.76 bits per heavy atom. The van der Waals surface area contributed by atoms with Gasteiger partial charge in [0.05, 0.1) is 30.0 Å². The monoisotopic (exact) mass is 563 g/mol. The molecule has 3 saturated heterocycles. The molecule has 15 heteroatoms. The maximum atomic E-state index is 14.6. The lowest BCUT2D eigenvalue weighted by Gasteiger charge is -2.42. The van der Waals surface area contributed by atoms with Gasteiger partial charge in [-0.25, -0.2) is 8.78 Å². The number of likely N-dealkylation sites (tertiary alicyclic amines) is 1. The van der Waals surface area contributed by atoms with E-state index in [1.807, 2.05) is 6.07 Å². The summed E-state index contributed by atoms with van der Waals surface area (Å²) < 4.78 is 94.5. The van der Waals surface area contributed by atoms with Crippen LogP contribution >= 0.6 is 0 Å².